The number of carbonyl (C=O) groups is 1. The van der Waals surface area contributed by atoms with Crippen LogP contribution in [-0.2, 0) is 4.79 Å². The Labute approximate surface area is 80.9 Å². The summed E-state index contributed by atoms with van der Waals surface area (Å²) in [7, 11) is 1.98. The van der Waals surface area contributed by atoms with Crippen molar-refractivity contribution < 1.29 is 4.79 Å². The average molecular weight is 181 g/mol. The second-order valence-electron chi connectivity index (χ2n) is 3.53. The normalized spacial score (nSPS) is 11.8. The summed E-state index contributed by atoms with van der Waals surface area (Å²) in [6.07, 6.45) is 0.893. The lowest BCUT2D eigenvalue weighted by Crippen LogP contribution is -2.16. The molecule has 0 rings (SSSR count). The van der Waals surface area contributed by atoms with Crippen LogP contribution in [0.1, 0.15) is 34.6 Å². The van der Waals surface area contributed by atoms with E-state index in [1.165, 1.54) is 11.3 Å². The molecule has 74 valence electrons. The first-order valence-electron chi connectivity index (χ1n) is 4.42. The lowest BCUT2D eigenvalue weighted by atomic mass is 10.2. The van der Waals surface area contributed by atoms with Crippen molar-refractivity contribution in [2.75, 3.05) is 7.05 Å². The Kier molecular flexibility index (Phi) is 4.46. The molecule has 0 spiro atoms. The van der Waals surface area contributed by atoms with E-state index in [9.17, 15) is 4.79 Å². The predicted octanol–water partition coefficient (Wildman–Crippen LogP) is 2.72. The van der Waals surface area contributed by atoms with E-state index in [0.29, 0.717) is 0 Å². The van der Waals surface area contributed by atoms with E-state index in [2.05, 4.69) is 20.8 Å². The Hall–Kier alpha value is -1.05. The third-order valence-corrected chi connectivity index (χ3v) is 2.48. The number of hydrogen-bond acceptors (Lipinski definition) is 2. The fourth-order valence-corrected chi connectivity index (χ4v) is 0.937. The highest BCUT2D eigenvalue weighted by atomic mass is 16.1. The number of rotatable bonds is 3. The van der Waals surface area contributed by atoms with Crippen molar-refractivity contribution in [1.82, 2.24) is 4.90 Å². The van der Waals surface area contributed by atoms with Crippen molar-refractivity contribution in [2.45, 2.75) is 34.6 Å². The minimum atomic E-state index is 0.781. The van der Waals surface area contributed by atoms with Crippen LogP contribution in [0.25, 0.3) is 0 Å². The first kappa shape index (κ1) is 11.9. The summed E-state index contributed by atoms with van der Waals surface area (Å²) in [4.78, 5) is 12.6. The highest BCUT2D eigenvalue weighted by Crippen LogP contribution is 2.15. The molecule has 0 amide bonds. The highest BCUT2D eigenvalue weighted by molar-refractivity contribution is 5.73. The van der Waals surface area contributed by atoms with Gasteiger partial charge in [0.05, 0.1) is 0 Å². The number of allylic oxidation sites excluding steroid dienone is 4. The molecule has 0 aliphatic heterocycles. The van der Waals surface area contributed by atoms with Crippen LogP contribution >= 0.6 is 0 Å². The molecule has 0 saturated heterocycles. The fourth-order valence-electron chi connectivity index (χ4n) is 0.937. The van der Waals surface area contributed by atoms with Gasteiger partial charge in [0, 0.05) is 24.0 Å². The van der Waals surface area contributed by atoms with Crippen molar-refractivity contribution in [3.05, 3.63) is 22.5 Å². The molecule has 0 aromatic heterocycles. The van der Waals surface area contributed by atoms with Crippen LogP contribution in [0.5, 0.6) is 0 Å². The molecule has 0 saturated carbocycles. The molecule has 2 heteroatoms. The van der Waals surface area contributed by atoms with Crippen molar-refractivity contribution in [1.29, 1.82) is 0 Å². The van der Waals surface area contributed by atoms with Crippen molar-refractivity contribution >= 4 is 6.29 Å². The minimum Gasteiger partial charge on any atom is -0.352 e. The van der Waals surface area contributed by atoms with Gasteiger partial charge < -0.3 is 4.90 Å². The molecular weight excluding hydrogens is 162 g/mol. The van der Waals surface area contributed by atoms with Gasteiger partial charge in [-0.25, -0.2) is 0 Å². The van der Waals surface area contributed by atoms with E-state index in [4.69, 9.17) is 0 Å². The quantitative estimate of drug-likeness (QED) is 0.493. The molecule has 0 aliphatic carbocycles. The summed E-state index contributed by atoms with van der Waals surface area (Å²) < 4.78 is 0. The van der Waals surface area contributed by atoms with E-state index < -0.39 is 0 Å². The van der Waals surface area contributed by atoms with Gasteiger partial charge in [-0.1, -0.05) is 5.57 Å². The molecule has 0 heterocycles. The van der Waals surface area contributed by atoms with Gasteiger partial charge in [0.2, 0.25) is 0 Å². The van der Waals surface area contributed by atoms with E-state index in [1.54, 1.807) is 0 Å². The number of carbonyl (C=O) groups excluding carboxylic acids is 1. The molecule has 0 aliphatic rings. The Morgan fingerprint density at radius 3 is 1.77 bits per heavy atom. The predicted molar refractivity (Wildman–Crippen MR) is 56.2 cm³/mol. The summed E-state index contributed by atoms with van der Waals surface area (Å²) >= 11 is 0. The first-order chi connectivity index (χ1) is 5.91. The third kappa shape index (κ3) is 3.05. The van der Waals surface area contributed by atoms with Gasteiger partial charge in [-0.2, -0.15) is 0 Å². The molecule has 0 atom stereocenters. The van der Waals surface area contributed by atoms with Gasteiger partial charge in [-0.15, -0.1) is 0 Å². The van der Waals surface area contributed by atoms with E-state index in [1.807, 2.05) is 25.8 Å². The van der Waals surface area contributed by atoms with Crippen LogP contribution in [-0.4, -0.2) is 18.2 Å². The zero-order valence-corrected chi connectivity index (χ0v) is 9.43. The van der Waals surface area contributed by atoms with Crippen LogP contribution in [0.2, 0.25) is 0 Å². The molecule has 0 aromatic carbocycles. The minimum absolute atomic E-state index is 0.781. The summed E-state index contributed by atoms with van der Waals surface area (Å²) in [5.41, 5.74) is 4.25. The molecule has 0 unspecified atom stereocenters. The average Bonchev–Trinajstić information content (AvgIpc) is 2.12. The van der Waals surface area contributed by atoms with Gasteiger partial charge in [-0.3, -0.25) is 4.79 Å². The smallest absolute Gasteiger partial charge is 0.147 e. The standard InChI is InChI=1S/C11H19NO/c1-8(2)10(4)12(6)11(5)9(3)7-13/h7H,1-6H3/b11-9+. The molecular formula is C11H19NO. The molecule has 0 radical (unpaired) electrons. The van der Waals surface area contributed by atoms with Gasteiger partial charge in [0.15, 0.2) is 0 Å². The van der Waals surface area contributed by atoms with Crippen LogP contribution < -0.4 is 0 Å². The molecule has 0 fully saturated rings. The lowest BCUT2D eigenvalue weighted by molar-refractivity contribution is -0.105. The van der Waals surface area contributed by atoms with Crippen molar-refractivity contribution in [3.63, 3.8) is 0 Å². The largest absolute Gasteiger partial charge is 0.352 e. The van der Waals surface area contributed by atoms with E-state index in [-0.39, 0.29) is 0 Å². The Morgan fingerprint density at radius 2 is 1.46 bits per heavy atom. The second-order valence-corrected chi connectivity index (χ2v) is 3.53. The summed E-state index contributed by atoms with van der Waals surface area (Å²) in [5, 5.41) is 0. The van der Waals surface area contributed by atoms with E-state index >= 15 is 0 Å². The number of aldehydes is 1. The van der Waals surface area contributed by atoms with Crippen LogP contribution in [0.3, 0.4) is 0 Å². The van der Waals surface area contributed by atoms with Gasteiger partial charge in [0.1, 0.15) is 6.29 Å². The second kappa shape index (κ2) is 4.85. The first-order valence-corrected chi connectivity index (χ1v) is 4.42. The molecule has 2 nitrogen and oxygen atoms in total. The maximum Gasteiger partial charge on any atom is 0.147 e. The van der Waals surface area contributed by atoms with Crippen molar-refractivity contribution in [2.24, 2.45) is 0 Å². The zero-order valence-electron chi connectivity index (χ0n) is 9.43. The lowest BCUT2D eigenvalue weighted by Gasteiger charge is -2.23. The summed E-state index contributed by atoms with van der Waals surface area (Å²) in [6, 6.07) is 0. The van der Waals surface area contributed by atoms with Gasteiger partial charge in [0.25, 0.3) is 0 Å². The Morgan fingerprint density at radius 1 is 1.00 bits per heavy atom. The van der Waals surface area contributed by atoms with Crippen LogP contribution in [0.15, 0.2) is 22.5 Å². The summed E-state index contributed by atoms with van der Waals surface area (Å²) in [6.45, 7) is 9.97. The maximum atomic E-state index is 10.5. The fraction of sp³-hybridized carbons (Fsp3) is 0.545. The summed E-state index contributed by atoms with van der Waals surface area (Å²) in [5.74, 6) is 0. The van der Waals surface area contributed by atoms with Crippen LogP contribution in [0, 0.1) is 0 Å². The molecule has 0 N–H and O–H groups in total. The van der Waals surface area contributed by atoms with Crippen LogP contribution in [0.4, 0.5) is 0 Å². The number of hydrogen-bond donors (Lipinski definition) is 0. The van der Waals surface area contributed by atoms with Gasteiger partial charge >= 0.3 is 0 Å². The Bertz CT molecular complexity index is 257. The molecule has 13 heavy (non-hydrogen) atoms. The monoisotopic (exact) mass is 181 g/mol. The SMILES string of the molecule is CC(C)=C(C)N(C)/C(C)=C(\C)C=O. The Balaban J connectivity index is 4.92. The zero-order chi connectivity index (χ0) is 10.6. The molecule has 0 aromatic rings. The van der Waals surface area contributed by atoms with Gasteiger partial charge in [-0.05, 0) is 34.6 Å². The third-order valence-electron chi connectivity index (χ3n) is 2.48. The molecule has 0 bridgehead atoms. The highest BCUT2D eigenvalue weighted by Gasteiger charge is 2.05. The number of nitrogens with zero attached hydrogens (tertiary/aromatic N) is 1. The van der Waals surface area contributed by atoms with E-state index in [0.717, 1.165) is 17.6 Å². The maximum absolute atomic E-state index is 10.5. The topological polar surface area (TPSA) is 20.3 Å². The van der Waals surface area contributed by atoms with Crippen molar-refractivity contribution in [3.8, 4) is 0 Å².